The summed E-state index contributed by atoms with van der Waals surface area (Å²) in [6.07, 6.45) is 7.93. The molecular formula is C20H18N4O. The first-order valence-corrected chi connectivity index (χ1v) is 8.43. The highest BCUT2D eigenvalue weighted by molar-refractivity contribution is 5.94. The van der Waals surface area contributed by atoms with Crippen molar-refractivity contribution in [2.75, 3.05) is 0 Å². The van der Waals surface area contributed by atoms with Gasteiger partial charge in [0.2, 0.25) is 0 Å². The van der Waals surface area contributed by atoms with Gasteiger partial charge in [-0.05, 0) is 31.4 Å². The topological polar surface area (TPSA) is 67.8 Å². The van der Waals surface area contributed by atoms with Crippen LogP contribution in [0.4, 0.5) is 0 Å². The lowest BCUT2D eigenvalue weighted by molar-refractivity contribution is 0.0932. The van der Waals surface area contributed by atoms with Gasteiger partial charge in [0.1, 0.15) is 0 Å². The number of fused-ring (bicyclic) bond motifs is 1. The van der Waals surface area contributed by atoms with Crippen molar-refractivity contribution in [3.05, 3.63) is 77.9 Å². The standard InChI is InChI=1S/C20H18N4O/c25-20(15-9-11-21-12-10-15)24-18-8-4-7-17-16(18)13-22-19(23-17)14-5-2-1-3-6-14/h1-3,5-6,9-13,18H,4,7-8H2,(H,24,25)/t18-/m1/s1. The molecule has 5 heteroatoms. The van der Waals surface area contributed by atoms with Crippen molar-refractivity contribution >= 4 is 5.91 Å². The summed E-state index contributed by atoms with van der Waals surface area (Å²) in [4.78, 5) is 25.6. The van der Waals surface area contributed by atoms with Gasteiger partial charge in [0, 0.05) is 41.0 Å². The van der Waals surface area contributed by atoms with E-state index < -0.39 is 0 Å². The Kier molecular flexibility index (Phi) is 4.21. The van der Waals surface area contributed by atoms with Crippen molar-refractivity contribution in [2.45, 2.75) is 25.3 Å². The average Bonchev–Trinajstić information content (AvgIpc) is 2.69. The Bertz CT molecular complexity index is 881. The third-order valence-corrected chi connectivity index (χ3v) is 4.46. The molecule has 0 unspecified atom stereocenters. The summed E-state index contributed by atoms with van der Waals surface area (Å²) in [5.74, 6) is 0.646. The van der Waals surface area contributed by atoms with Crippen LogP contribution in [0.3, 0.4) is 0 Å². The van der Waals surface area contributed by atoms with Gasteiger partial charge in [-0.15, -0.1) is 0 Å². The molecule has 1 aliphatic rings. The molecule has 0 aliphatic heterocycles. The van der Waals surface area contributed by atoms with Crippen molar-refractivity contribution in [1.82, 2.24) is 20.3 Å². The van der Waals surface area contributed by atoms with Crippen molar-refractivity contribution in [1.29, 1.82) is 0 Å². The molecule has 2 aromatic heterocycles. The van der Waals surface area contributed by atoms with Gasteiger partial charge in [-0.25, -0.2) is 9.97 Å². The zero-order valence-corrected chi connectivity index (χ0v) is 13.7. The molecule has 4 rings (SSSR count). The van der Waals surface area contributed by atoms with E-state index in [1.165, 1.54) is 0 Å². The maximum absolute atomic E-state index is 12.4. The van der Waals surface area contributed by atoms with Crippen LogP contribution in [0, 0.1) is 0 Å². The summed E-state index contributed by atoms with van der Waals surface area (Å²) in [6, 6.07) is 13.3. The molecule has 0 fully saturated rings. The van der Waals surface area contributed by atoms with E-state index in [2.05, 4.69) is 15.3 Å². The molecule has 2 heterocycles. The highest BCUT2D eigenvalue weighted by Crippen LogP contribution is 2.29. The fourth-order valence-corrected chi connectivity index (χ4v) is 3.17. The number of pyridine rings is 1. The number of benzene rings is 1. The lowest BCUT2D eigenvalue weighted by atomic mass is 9.92. The highest BCUT2D eigenvalue weighted by Gasteiger charge is 2.24. The lowest BCUT2D eigenvalue weighted by Gasteiger charge is -2.25. The summed E-state index contributed by atoms with van der Waals surface area (Å²) < 4.78 is 0. The van der Waals surface area contributed by atoms with Crippen LogP contribution >= 0.6 is 0 Å². The molecule has 3 aromatic rings. The fourth-order valence-electron chi connectivity index (χ4n) is 3.17. The van der Waals surface area contributed by atoms with Gasteiger partial charge in [-0.1, -0.05) is 30.3 Å². The maximum Gasteiger partial charge on any atom is 0.251 e. The van der Waals surface area contributed by atoms with Crippen LogP contribution in [-0.2, 0) is 6.42 Å². The van der Waals surface area contributed by atoms with E-state index in [9.17, 15) is 4.79 Å². The summed E-state index contributed by atoms with van der Waals surface area (Å²) in [6.45, 7) is 0. The molecule has 25 heavy (non-hydrogen) atoms. The van der Waals surface area contributed by atoms with Gasteiger partial charge in [0.05, 0.1) is 6.04 Å². The molecule has 0 spiro atoms. The smallest absolute Gasteiger partial charge is 0.251 e. The first kappa shape index (κ1) is 15.4. The van der Waals surface area contributed by atoms with E-state index in [4.69, 9.17) is 4.98 Å². The van der Waals surface area contributed by atoms with Gasteiger partial charge in [0.25, 0.3) is 5.91 Å². The highest BCUT2D eigenvalue weighted by atomic mass is 16.1. The van der Waals surface area contributed by atoms with Gasteiger partial charge in [-0.2, -0.15) is 0 Å². The van der Waals surface area contributed by atoms with Crippen LogP contribution in [0.2, 0.25) is 0 Å². The van der Waals surface area contributed by atoms with Gasteiger partial charge >= 0.3 is 0 Å². The summed E-state index contributed by atoms with van der Waals surface area (Å²) in [5.41, 5.74) is 3.67. The van der Waals surface area contributed by atoms with E-state index >= 15 is 0 Å². The maximum atomic E-state index is 12.4. The minimum absolute atomic E-state index is 0.0470. The van der Waals surface area contributed by atoms with Crippen LogP contribution in [0.1, 0.15) is 40.5 Å². The molecule has 5 nitrogen and oxygen atoms in total. The van der Waals surface area contributed by atoms with Crippen LogP contribution in [-0.4, -0.2) is 20.9 Å². The second kappa shape index (κ2) is 6.81. The minimum Gasteiger partial charge on any atom is -0.345 e. The number of hydrogen-bond acceptors (Lipinski definition) is 4. The fraction of sp³-hybridized carbons (Fsp3) is 0.200. The molecule has 1 amide bonds. The van der Waals surface area contributed by atoms with Crippen LogP contribution in [0.25, 0.3) is 11.4 Å². The number of aromatic nitrogens is 3. The van der Waals surface area contributed by atoms with Gasteiger partial charge < -0.3 is 5.32 Å². The predicted molar refractivity (Wildman–Crippen MR) is 94.9 cm³/mol. The van der Waals surface area contributed by atoms with E-state index in [0.717, 1.165) is 41.9 Å². The largest absolute Gasteiger partial charge is 0.345 e. The molecule has 0 saturated heterocycles. The Morgan fingerprint density at radius 2 is 1.88 bits per heavy atom. The molecule has 1 aliphatic carbocycles. The number of carbonyl (C=O) groups excluding carboxylic acids is 1. The monoisotopic (exact) mass is 330 g/mol. The number of carbonyl (C=O) groups is 1. The number of nitrogens with one attached hydrogen (secondary N) is 1. The van der Waals surface area contributed by atoms with E-state index in [1.54, 1.807) is 24.5 Å². The Hall–Kier alpha value is -3.08. The Labute approximate surface area is 146 Å². The van der Waals surface area contributed by atoms with Crippen LogP contribution in [0.15, 0.2) is 61.1 Å². The SMILES string of the molecule is O=C(N[C@@H]1CCCc2nc(-c3ccccc3)ncc21)c1ccncc1. The second-order valence-electron chi connectivity index (χ2n) is 6.12. The zero-order chi connectivity index (χ0) is 17.1. The first-order valence-electron chi connectivity index (χ1n) is 8.43. The van der Waals surface area contributed by atoms with E-state index in [-0.39, 0.29) is 11.9 Å². The molecule has 124 valence electrons. The third-order valence-electron chi connectivity index (χ3n) is 4.46. The molecule has 0 saturated carbocycles. The number of amides is 1. The molecule has 1 N–H and O–H groups in total. The first-order chi connectivity index (χ1) is 12.3. The number of rotatable bonds is 3. The zero-order valence-electron chi connectivity index (χ0n) is 13.7. The van der Waals surface area contributed by atoms with E-state index in [1.807, 2.05) is 36.5 Å². The molecule has 1 atom stereocenters. The summed E-state index contributed by atoms with van der Waals surface area (Å²) in [7, 11) is 0. The Balaban J connectivity index is 1.59. The van der Waals surface area contributed by atoms with Crippen LogP contribution in [0.5, 0.6) is 0 Å². The van der Waals surface area contributed by atoms with Crippen molar-refractivity contribution < 1.29 is 4.79 Å². The van der Waals surface area contributed by atoms with Crippen LogP contribution < -0.4 is 5.32 Å². The molecular weight excluding hydrogens is 312 g/mol. The number of nitrogens with zero attached hydrogens (tertiary/aromatic N) is 3. The Morgan fingerprint density at radius 1 is 1.08 bits per heavy atom. The molecule has 0 radical (unpaired) electrons. The summed E-state index contributed by atoms with van der Waals surface area (Å²) in [5, 5.41) is 3.10. The van der Waals surface area contributed by atoms with Crippen molar-refractivity contribution in [3.63, 3.8) is 0 Å². The van der Waals surface area contributed by atoms with E-state index in [0.29, 0.717) is 5.56 Å². The summed E-state index contributed by atoms with van der Waals surface area (Å²) >= 11 is 0. The predicted octanol–water partition coefficient (Wildman–Crippen LogP) is 3.35. The number of aryl methyl sites for hydroxylation is 1. The minimum atomic E-state index is -0.0904. The average molecular weight is 330 g/mol. The van der Waals surface area contributed by atoms with Crippen molar-refractivity contribution in [3.8, 4) is 11.4 Å². The number of hydrogen-bond donors (Lipinski definition) is 1. The quantitative estimate of drug-likeness (QED) is 0.800. The third kappa shape index (κ3) is 3.26. The molecule has 0 bridgehead atoms. The lowest BCUT2D eigenvalue weighted by Crippen LogP contribution is -2.31. The Morgan fingerprint density at radius 3 is 2.68 bits per heavy atom. The second-order valence-corrected chi connectivity index (χ2v) is 6.12. The normalized spacial score (nSPS) is 16.1. The molecule has 1 aromatic carbocycles. The van der Waals surface area contributed by atoms with Gasteiger partial charge in [-0.3, -0.25) is 9.78 Å². The van der Waals surface area contributed by atoms with Crippen molar-refractivity contribution in [2.24, 2.45) is 0 Å². The van der Waals surface area contributed by atoms with Gasteiger partial charge in [0.15, 0.2) is 5.82 Å².